The molecule has 1 unspecified atom stereocenters. The highest BCUT2D eigenvalue weighted by atomic mass is 79.9. The second kappa shape index (κ2) is 5.95. The van der Waals surface area contributed by atoms with Gasteiger partial charge in [-0.25, -0.2) is 0 Å². The van der Waals surface area contributed by atoms with Gasteiger partial charge in [-0.1, -0.05) is 0 Å². The molecule has 0 radical (unpaired) electrons. The molecule has 2 rings (SSSR count). The van der Waals surface area contributed by atoms with Crippen LogP contribution < -0.4 is 5.32 Å². The minimum Gasteiger partial charge on any atom is -0.378 e. The van der Waals surface area contributed by atoms with Gasteiger partial charge in [-0.3, -0.25) is 4.79 Å². The standard InChI is InChI=1S/C11H15BrN2O2S/c1-14(6-8-2-3-10(12)17-8)11(15)9-7-16-5-4-13-9/h2-3,9,13H,4-7H2,1H3. The molecule has 94 valence electrons. The van der Waals surface area contributed by atoms with E-state index < -0.39 is 0 Å². The maximum absolute atomic E-state index is 12.1. The highest BCUT2D eigenvalue weighted by Crippen LogP contribution is 2.23. The highest BCUT2D eigenvalue weighted by molar-refractivity contribution is 9.11. The molecule has 1 atom stereocenters. The summed E-state index contributed by atoms with van der Waals surface area (Å²) in [6.07, 6.45) is 0. The summed E-state index contributed by atoms with van der Waals surface area (Å²) in [5.74, 6) is 0.0919. The summed E-state index contributed by atoms with van der Waals surface area (Å²) in [5, 5.41) is 3.17. The van der Waals surface area contributed by atoms with Crippen LogP contribution in [0, 0.1) is 0 Å². The molecular formula is C11H15BrN2O2S. The molecule has 0 saturated carbocycles. The summed E-state index contributed by atoms with van der Waals surface area (Å²) in [4.78, 5) is 15.0. The molecule has 1 N–H and O–H groups in total. The van der Waals surface area contributed by atoms with Gasteiger partial charge in [0.05, 0.1) is 23.5 Å². The van der Waals surface area contributed by atoms with Crippen LogP contribution in [0.2, 0.25) is 0 Å². The largest absolute Gasteiger partial charge is 0.378 e. The molecule has 1 aliphatic rings. The zero-order valence-corrected chi connectivity index (χ0v) is 12.0. The summed E-state index contributed by atoms with van der Waals surface area (Å²) in [7, 11) is 1.83. The Balaban J connectivity index is 1.90. The van der Waals surface area contributed by atoms with E-state index in [-0.39, 0.29) is 11.9 Å². The van der Waals surface area contributed by atoms with E-state index in [1.54, 1.807) is 16.2 Å². The van der Waals surface area contributed by atoms with E-state index in [1.807, 2.05) is 19.2 Å². The Morgan fingerprint density at radius 2 is 2.53 bits per heavy atom. The van der Waals surface area contributed by atoms with Gasteiger partial charge in [0.2, 0.25) is 5.91 Å². The molecule has 6 heteroatoms. The van der Waals surface area contributed by atoms with Crippen LogP contribution in [0.1, 0.15) is 4.88 Å². The number of ether oxygens (including phenoxy) is 1. The number of thiophene rings is 1. The molecule has 2 heterocycles. The van der Waals surface area contributed by atoms with Crippen molar-refractivity contribution in [3.63, 3.8) is 0 Å². The minimum atomic E-state index is -0.197. The third kappa shape index (κ3) is 3.51. The van der Waals surface area contributed by atoms with Crippen molar-refractivity contribution >= 4 is 33.2 Å². The number of carbonyl (C=O) groups excluding carboxylic acids is 1. The summed E-state index contributed by atoms with van der Waals surface area (Å²) >= 11 is 5.07. The number of morpholine rings is 1. The lowest BCUT2D eigenvalue weighted by Crippen LogP contribution is -2.51. The Labute approximate surface area is 113 Å². The Hall–Kier alpha value is -0.430. The van der Waals surface area contributed by atoms with Gasteiger partial charge in [-0.15, -0.1) is 11.3 Å². The van der Waals surface area contributed by atoms with Crippen LogP contribution in [0.5, 0.6) is 0 Å². The highest BCUT2D eigenvalue weighted by Gasteiger charge is 2.24. The fraction of sp³-hybridized carbons (Fsp3) is 0.545. The van der Waals surface area contributed by atoms with Crippen LogP contribution in [-0.4, -0.2) is 43.7 Å². The van der Waals surface area contributed by atoms with Gasteiger partial charge in [0.1, 0.15) is 6.04 Å². The van der Waals surface area contributed by atoms with Crippen LogP contribution in [0.4, 0.5) is 0 Å². The number of hydrogen-bond acceptors (Lipinski definition) is 4. The normalized spacial score (nSPS) is 20.2. The van der Waals surface area contributed by atoms with Crippen LogP contribution in [0.15, 0.2) is 15.9 Å². The van der Waals surface area contributed by atoms with Crippen LogP contribution in [-0.2, 0) is 16.1 Å². The first-order valence-electron chi connectivity index (χ1n) is 5.47. The zero-order valence-electron chi connectivity index (χ0n) is 9.61. The van der Waals surface area contributed by atoms with Crippen LogP contribution in [0.3, 0.4) is 0 Å². The summed E-state index contributed by atoms with van der Waals surface area (Å²) in [6.45, 7) is 2.55. The number of nitrogens with one attached hydrogen (secondary N) is 1. The first-order chi connectivity index (χ1) is 8.16. The van der Waals surface area contributed by atoms with E-state index in [0.29, 0.717) is 19.8 Å². The fourth-order valence-electron chi connectivity index (χ4n) is 1.74. The third-order valence-corrected chi connectivity index (χ3v) is 4.23. The molecule has 1 aromatic heterocycles. The van der Waals surface area contributed by atoms with Gasteiger partial charge in [0.15, 0.2) is 0 Å². The molecule has 0 aromatic carbocycles. The van der Waals surface area contributed by atoms with Crippen molar-refractivity contribution in [1.82, 2.24) is 10.2 Å². The SMILES string of the molecule is CN(Cc1ccc(Br)s1)C(=O)C1COCCN1. The smallest absolute Gasteiger partial charge is 0.242 e. The number of amides is 1. The molecule has 0 bridgehead atoms. The summed E-state index contributed by atoms with van der Waals surface area (Å²) < 4.78 is 6.38. The number of likely N-dealkylation sites (N-methyl/N-ethyl adjacent to an activating group) is 1. The van der Waals surface area contributed by atoms with Crippen LogP contribution >= 0.6 is 27.3 Å². The van der Waals surface area contributed by atoms with Crippen molar-refractivity contribution in [2.75, 3.05) is 26.8 Å². The van der Waals surface area contributed by atoms with E-state index in [1.165, 1.54) is 4.88 Å². The Morgan fingerprint density at radius 3 is 3.12 bits per heavy atom. The molecule has 1 aromatic rings. The number of nitrogens with zero attached hydrogens (tertiary/aromatic N) is 1. The summed E-state index contributed by atoms with van der Waals surface area (Å²) in [5.41, 5.74) is 0. The van der Waals surface area contributed by atoms with Gasteiger partial charge in [0.25, 0.3) is 0 Å². The molecule has 17 heavy (non-hydrogen) atoms. The van der Waals surface area contributed by atoms with Crippen molar-refractivity contribution in [3.05, 3.63) is 20.8 Å². The molecule has 1 amide bonds. The third-order valence-electron chi connectivity index (χ3n) is 2.62. The van der Waals surface area contributed by atoms with E-state index in [2.05, 4.69) is 21.2 Å². The number of halogens is 1. The van der Waals surface area contributed by atoms with E-state index in [4.69, 9.17) is 4.74 Å². The second-order valence-electron chi connectivity index (χ2n) is 3.98. The van der Waals surface area contributed by atoms with Gasteiger partial charge in [-0.05, 0) is 28.1 Å². The van der Waals surface area contributed by atoms with Crippen molar-refractivity contribution in [1.29, 1.82) is 0 Å². The average Bonchev–Trinajstić information content (AvgIpc) is 2.75. The van der Waals surface area contributed by atoms with Gasteiger partial charge >= 0.3 is 0 Å². The van der Waals surface area contributed by atoms with E-state index in [0.717, 1.165) is 10.3 Å². The lowest BCUT2D eigenvalue weighted by Gasteiger charge is -2.27. The van der Waals surface area contributed by atoms with E-state index >= 15 is 0 Å². The Morgan fingerprint density at radius 1 is 1.71 bits per heavy atom. The lowest BCUT2D eigenvalue weighted by molar-refractivity contribution is -0.135. The van der Waals surface area contributed by atoms with E-state index in [9.17, 15) is 4.79 Å². The van der Waals surface area contributed by atoms with Gasteiger partial charge in [0, 0.05) is 18.5 Å². The van der Waals surface area contributed by atoms with Gasteiger partial charge < -0.3 is 15.0 Å². The Kier molecular flexibility index (Phi) is 4.55. The van der Waals surface area contributed by atoms with Crippen molar-refractivity contribution in [3.8, 4) is 0 Å². The molecule has 0 spiro atoms. The van der Waals surface area contributed by atoms with Gasteiger partial charge in [-0.2, -0.15) is 0 Å². The fourth-order valence-corrected chi connectivity index (χ4v) is 3.28. The second-order valence-corrected chi connectivity index (χ2v) is 6.53. The predicted octanol–water partition coefficient (Wildman–Crippen LogP) is 1.46. The maximum atomic E-state index is 12.1. The Bertz CT molecular complexity index is 391. The molecule has 0 aliphatic carbocycles. The first kappa shape index (κ1) is 13.0. The minimum absolute atomic E-state index is 0.0919. The monoisotopic (exact) mass is 318 g/mol. The zero-order chi connectivity index (χ0) is 12.3. The molecule has 4 nitrogen and oxygen atoms in total. The molecule has 1 saturated heterocycles. The maximum Gasteiger partial charge on any atom is 0.242 e. The molecular weight excluding hydrogens is 304 g/mol. The summed E-state index contributed by atoms with van der Waals surface area (Å²) in [6, 6.07) is 3.83. The lowest BCUT2D eigenvalue weighted by atomic mass is 10.2. The topological polar surface area (TPSA) is 41.6 Å². The van der Waals surface area contributed by atoms with Crippen molar-refractivity contribution in [2.24, 2.45) is 0 Å². The van der Waals surface area contributed by atoms with Crippen molar-refractivity contribution < 1.29 is 9.53 Å². The molecule has 1 aliphatic heterocycles. The average molecular weight is 319 g/mol. The quantitative estimate of drug-likeness (QED) is 0.917. The first-order valence-corrected chi connectivity index (χ1v) is 7.08. The van der Waals surface area contributed by atoms with Crippen LogP contribution in [0.25, 0.3) is 0 Å². The molecule has 1 fully saturated rings. The number of rotatable bonds is 3. The number of hydrogen-bond donors (Lipinski definition) is 1. The van der Waals surface area contributed by atoms with Crippen molar-refractivity contribution in [2.45, 2.75) is 12.6 Å². The number of carbonyl (C=O) groups is 1. The predicted molar refractivity (Wildman–Crippen MR) is 71.1 cm³/mol.